The molecule has 2 aliphatic rings. The van der Waals surface area contributed by atoms with Gasteiger partial charge in [0.25, 0.3) is 11.1 Å². The maximum absolute atomic E-state index is 12.0. The first-order chi connectivity index (χ1) is 10.5. The van der Waals surface area contributed by atoms with Crippen LogP contribution < -0.4 is 9.47 Å². The monoisotopic (exact) mass is 321 g/mol. The molecule has 114 valence electrons. The summed E-state index contributed by atoms with van der Waals surface area (Å²) >= 11 is 0.719. The number of fused-ring (bicyclic) bond motifs is 1. The van der Waals surface area contributed by atoms with Crippen LogP contribution in [0.25, 0.3) is 6.08 Å². The highest BCUT2D eigenvalue weighted by Crippen LogP contribution is 2.35. The van der Waals surface area contributed by atoms with E-state index in [4.69, 9.17) is 14.6 Å². The van der Waals surface area contributed by atoms with Crippen molar-refractivity contribution in [2.45, 2.75) is 0 Å². The van der Waals surface area contributed by atoms with Crippen molar-refractivity contribution in [1.82, 2.24) is 4.90 Å². The van der Waals surface area contributed by atoms with Crippen molar-refractivity contribution < 1.29 is 29.0 Å². The highest BCUT2D eigenvalue weighted by molar-refractivity contribution is 8.18. The number of ether oxygens (including phenoxy) is 2. The van der Waals surface area contributed by atoms with E-state index < -0.39 is 23.7 Å². The van der Waals surface area contributed by atoms with Gasteiger partial charge in [0.1, 0.15) is 19.8 Å². The smallest absolute Gasteiger partial charge is 0.323 e. The number of carboxylic acid groups (broad SMARTS) is 1. The van der Waals surface area contributed by atoms with Crippen LogP contribution >= 0.6 is 11.8 Å². The Morgan fingerprint density at radius 1 is 1.27 bits per heavy atom. The van der Waals surface area contributed by atoms with Crippen molar-refractivity contribution in [2.24, 2.45) is 0 Å². The Hall–Kier alpha value is -2.48. The summed E-state index contributed by atoms with van der Waals surface area (Å²) < 4.78 is 10.9. The minimum Gasteiger partial charge on any atom is -0.486 e. The molecule has 3 rings (SSSR count). The minimum atomic E-state index is -1.23. The van der Waals surface area contributed by atoms with E-state index in [0.717, 1.165) is 11.8 Å². The van der Waals surface area contributed by atoms with Crippen LogP contribution in [0.5, 0.6) is 11.5 Å². The number of thioether (sulfide) groups is 1. The quantitative estimate of drug-likeness (QED) is 0.845. The summed E-state index contributed by atoms with van der Waals surface area (Å²) in [7, 11) is 0. The first kappa shape index (κ1) is 14.5. The predicted molar refractivity (Wildman–Crippen MR) is 77.7 cm³/mol. The number of imide groups is 1. The molecule has 1 fully saturated rings. The summed E-state index contributed by atoms with van der Waals surface area (Å²) in [5.41, 5.74) is 0.671. The van der Waals surface area contributed by atoms with Crippen LogP contribution in [-0.2, 0) is 9.59 Å². The predicted octanol–water partition coefficient (Wildman–Crippen LogP) is 1.58. The highest BCUT2D eigenvalue weighted by atomic mass is 32.2. The second kappa shape index (κ2) is 5.72. The average molecular weight is 321 g/mol. The fraction of sp³-hybridized carbons (Fsp3) is 0.214. The Balaban J connectivity index is 1.85. The number of carbonyl (C=O) groups is 3. The van der Waals surface area contributed by atoms with Crippen LogP contribution in [-0.4, -0.2) is 46.9 Å². The summed E-state index contributed by atoms with van der Waals surface area (Å²) in [6.45, 7) is 0.301. The lowest BCUT2D eigenvalue weighted by atomic mass is 10.1. The second-order valence-corrected chi connectivity index (χ2v) is 5.56. The third-order valence-electron chi connectivity index (χ3n) is 3.03. The van der Waals surface area contributed by atoms with Crippen LogP contribution in [0.15, 0.2) is 23.1 Å². The van der Waals surface area contributed by atoms with E-state index in [1.807, 2.05) is 0 Å². The van der Waals surface area contributed by atoms with E-state index in [2.05, 4.69) is 0 Å². The van der Waals surface area contributed by atoms with Gasteiger partial charge in [0.05, 0.1) is 4.91 Å². The largest absolute Gasteiger partial charge is 0.486 e. The summed E-state index contributed by atoms with van der Waals surface area (Å²) in [5, 5.41) is 8.13. The molecule has 2 amide bonds. The van der Waals surface area contributed by atoms with Crippen molar-refractivity contribution in [3.05, 3.63) is 28.7 Å². The van der Waals surface area contributed by atoms with Gasteiger partial charge in [-0.2, -0.15) is 0 Å². The molecule has 8 heteroatoms. The molecule has 0 aromatic heterocycles. The number of benzene rings is 1. The van der Waals surface area contributed by atoms with Crippen LogP contribution in [0.3, 0.4) is 0 Å². The van der Waals surface area contributed by atoms with Gasteiger partial charge in [-0.15, -0.1) is 0 Å². The molecular formula is C14H11NO6S. The molecule has 1 aromatic carbocycles. The van der Waals surface area contributed by atoms with Gasteiger partial charge in [-0.05, 0) is 35.5 Å². The first-order valence-corrected chi connectivity index (χ1v) is 7.23. The molecule has 0 unspecified atom stereocenters. The fourth-order valence-electron chi connectivity index (χ4n) is 2.07. The molecule has 0 saturated carbocycles. The highest BCUT2D eigenvalue weighted by Gasteiger charge is 2.36. The van der Waals surface area contributed by atoms with Gasteiger partial charge >= 0.3 is 5.97 Å². The number of carbonyl (C=O) groups excluding carboxylic acids is 2. The molecular weight excluding hydrogens is 310 g/mol. The number of rotatable bonds is 3. The number of aliphatic carboxylic acids is 1. The Morgan fingerprint density at radius 3 is 2.73 bits per heavy atom. The van der Waals surface area contributed by atoms with Gasteiger partial charge in [-0.1, -0.05) is 6.07 Å². The molecule has 2 aliphatic heterocycles. The Labute approximate surface area is 129 Å². The molecule has 0 bridgehead atoms. The molecule has 1 aromatic rings. The van der Waals surface area contributed by atoms with Crippen molar-refractivity contribution in [3.63, 3.8) is 0 Å². The van der Waals surface area contributed by atoms with Gasteiger partial charge in [-0.25, -0.2) is 0 Å². The number of carboxylic acids is 1. The van der Waals surface area contributed by atoms with E-state index in [9.17, 15) is 14.4 Å². The zero-order valence-electron chi connectivity index (χ0n) is 11.3. The van der Waals surface area contributed by atoms with Gasteiger partial charge in [0.2, 0.25) is 0 Å². The molecule has 2 heterocycles. The Morgan fingerprint density at radius 2 is 2.00 bits per heavy atom. The van der Waals surface area contributed by atoms with E-state index in [1.165, 1.54) is 6.08 Å². The molecule has 0 radical (unpaired) electrons. The Kier molecular flexibility index (Phi) is 3.76. The molecule has 0 spiro atoms. The molecule has 7 nitrogen and oxygen atoms in total. The molecule has 1 N–H and O–H groups in total. The third-order valence-corrected chi connectivity index (χ3v) is 3.94. The average Bonchev–Trinajstić information content (AvgIpc) is 2.74. The van der Waals surface area contributed by atoms with Crippen LogP contribution in [0.4, 0.5) is 4.79 Å². The molecule has 1 saturated heterocycles. The van der Waals surface area contributed by atoms with Crippen molar-refractivity contribution in [3.8, 4) is 11.5 Å². The molecule has 0 aliphatic carbocycles. The zero-order chi connectivity index (χ0) is 15.7. The number of amides is 2. The fourth-order valence-corrected chi connectivity index (χ4v) is 2.91. The van der Waals surface area contributed by atoms with Gasteiger partial charge < -0.3 is 14.6 Å². The SMILES string of the molecule is O=C(O)CN1C(=O)S/C(=C/c2ccc3c(c2)OCCO3)C1=O. The summed E-state index contributed by atoms with van der Waals surface area (Å²) in [5.74, 6) is -0.637. The molecule has 0 atom stereocenters. The lowest BCUT2D eigenvalue weighted by Crippen LogP contribution is -2.33. The van der Waals surface area contributed by atoms with Crippen molar-refractivity contribution >= 4 is 35.0 Å². The summed E-state index contributed by atoms with van der Waals surface area (Å²) in [4.78, 5) is 35.3. The van der Waals surface area contributed by atoms with Crippen LogP contribution in [0.1, 0.15) is 5.56 Å². The Bertz CT molecular complexity index is 699. The summed E-state index contributed by atoms with van der Waals surface area (Å²) in [6.07, 6.45) is 1.53. The maximum Gasteiger partial charge on any atom is 0.323 e. The number of nitrogens with zero attached hydrogens (tertiary/aromatic N) is 1. The normalized spacial score (nSPS) is 18.9. The topological polar surface area (TPSA) is 93.1 Å². The van der Waals surface area contributed by atoms with Crippen LogP contribution in [0.2, 0.25) is 0 Å². The number of hydrogen-bond donors (Lipinski definition) is 1. The van der Waals surface area contributed by atoms with Gasteiger partial charge in [-0.3, -0.25) is 19.3 Å². The second-order valence-electron chi connectivity index (χ2n) is 4.56. The third kappa shape index (κ3) is 2.77. The zero-order valence-corrected chi connectivity index (χ0v) is 12.1. The van der Waals surface area contributed by atoms with E-state index in [0.29, 0.717) is 35.2 Å². The number of hydrogen-bond acceptors (Lipinski definition) is 6. The van der Waals surface area contributed by atoms with Crippen LogP contribution in [0, 0.1) is 0 Å². The minimum absolute atomic E-state index is 0.183. The van der Waals surface area contributed by atoms with Gasteiger partial charge in [0.15, 0.2) is 11.5 Å². The lowest BCUT2D eigenvalue weighted by molar-refractivity contribution is -0.140. The van der Waals surface area contributed by atoms with E-state index >= 15 is 0 Å². The molecule has 22 heavy (non-hydrogen) atoms. The van der Waals surface area contributed by atoms with Gasteiger partial charge in [0, 0.05) is 0 Å². The van der Waals surface area contributed by atoms with Crippen molar-refractivity contribution in [1.29, 1.82) is 0 Å². The van der Waals surface area contributed by atoms with E-state index in [1.54, 1.807) is 18.2 Å². The van der Waals surface area contributed by atoms with Crippen molar-refractivity contribution in [2.75, 3.05) is 19.8 Å². The maximum atomic E-state index is 12.0. The summed E-state index contributed by atoms with van der Waals surface area (Å²) in [6, 6.07) is 5.17. The first-order valence-electron chi connectivity index (χ1n) is 6.41. The standard InChI is InChI=1S/C14H11NO6S/c16-12(17)7-15-13(18)11(22-14(15)19)6-8-1-2-9-10(5-8)21-4-3-20-9/h1-2,5-6H,3-4,7H2,(H,16,17)/b11-6+. The van der Waals surface area contributed by atoms with E-state index in [-0.39, 0.29) is 4.91 Å². The lowest BCUT2D eigenvalue weighted by Gasteiger charge is -2.18.